The molecule has 0 aromatic rings. The molecule has 1 unspecified atom stereocenters. The van der Waals surface area contributed by atoms with Gasteiger partial charge in [-0.1, -0.05) is 13.0 Å². The molecule has 2 atom stereocenters. The van der Waals surface area contributed by atoms with Crippen LogP contribution in [0.1, 0.15) is 19.8 Å². The van der Waals surface area contributed by atoms with Crippen molar-refractivity contribution < 1.29 is 19.5 Å². The van der Waals surface area contributed by atoms with Gasteiger partial charge in [-0.15, -0.1) is 0 Å². The third kappa shape index (κ3) is 3.19. The van der Waals surface area contributed by atoms with E-state index >= 15 is 0 Å². The molecule has 1 aliphatic rings. The topological polar surface area (TPSA) is 83.5 Å². The lowest BCUT2D eigenvalue weighted by molar-refractivity contribution is -0.142. The van der Waals surface area contributed by atoms with Gasteiger partial charge in [0, 0.05) is 6.08 Å². The van der Waals surface area contributed by atoms with Crippen molar-refractivity contribution >= 4 is 17.8 Å². The standard InChI is InChI=1S/C10H13NO4/c1-6(10(14)15)2-3-7-4-5-8(12)11-9(7)13/h4-7H,2-3H2,1H3,(H,14,15)(H,11,12,13)/t6-,7?/m1/s1. The van der Waals surface area contributed by atoms with Crippen LogP contribution in [0, 0.1) is 11.8 Å². The number of hydrogen-bond acceptors (Lipinski definition) is 3. The van der Waals surface area contributed by atoms with E-state index in [0.717, 1.165) is 0 Å². The van der Waals surface area contributed by atoms with E-state index in [1.165, 1.54) is 12.2 Å². The molecule has 5 nitrogen and oxygen atoms in total. The average Bonchev–Trinajstić information content (AvgIpc) is 2.15. The van der Waals surface area contributed by atoms with Gasteiger partial charge in [-0.3, -0.25) is 19.7 Å². The fourth-order valence-corrected chi connectivity index (χ4v) is 1.33. The van der Waals surface area contributed by atoms with E-state index in [2.05, 4.69) is 5.32 Å². The second-order valence-electron chi connectivity index (χ2n) is 3.64. The second-order valence-corrected chi connectivity index (χ2v) is 3.64. The molecule has 0 aliphatic carbocycles. The van der Waals surface area contributed by atoms with E-state index in [-0.39, 0.29) is 11.8 Å². The van der Waals surface area contributed by atoms with Gasteiger partial charge in [0.2, 0.25) is 11.8 Å². The maximum atomic E-state index is 11.3. The summed E-state index contributed by atoms with van der Waals surface area (Å²) in [4.78, 5) is 32.5. The van der Waals surface area contributed by atoms with Crippen LogP contribution >= 0.6 is 0 Å². The Hall–Kier alpha value is -1.65. The molecular formula is C10H13NO4. The van der Waals surface area contributed by atoms with Crippen LogP contribution in [0.4, 0.5) is 0 Å². The Morgan fingerprint density at radius 2 is 2.27 bits per heavy atom. The van der Waals surface area contributed by atoms with E-state index in [0.29, 0.717) is 12.8 Å². The highest BCUT2D eigenvalue weighted by Gasteiger charge is 2.23. The van der Waals surface area contributed by atoms with E-state index < -0.39 is 17.8 Å². The van der Waals surface area contributed by atoms with Gasteiger partial charge in [0.25, 0.3) is 0 Å². The lowest BCUT2D eigenvalue weighted by Crippen LogP contribution is -2.37. The molecule has 15 heavy (non-hydrogen) atoms. The summed E-state index contributed by atoms with van der Waals surface area (Å²) in [5.41, 5.74) is 0. The van der Waals surface area contributed by atoms with Crippen LogP contribution in [0.15, 0.2) is 12.2 Å². The van der Waals surface area contributed by atoms with Gasteiger partial charge in [0.1, 0.15) is 0 Å². The van der Waals surface area contributed by atoms with Crippen LogP contribution in [0.2, 0.25) is 0 Å². The summed E-state index contributed by atoms with van der Waals surface area (Å²) >= 11 is 0. The summed E-state index contributed by atoms with van der Waals surface area (Å²) in [6, 6.07) is 0. The summed E-state index contributed by atoms with van der Waals surface area (Å²) in [6.07, 6.45) is 3.70. The summed E-state index contributed by atoms with van der Waals surface area (Å²) in [5.74, 6) is -2.48. The summed E-state index contributed by atoms with van der Waals surface area (Å²) < 4.78 is 0. The van der Waals surface area contributed by atoms with Crippen LogP contribution in [-0.2, 0) is 14.4 Å². The third-order valence-electron chi connectivity index (χ3n) is 2.40. The zero-order chi connectivity index (χ0) is 11.4. The van der Waals surface area contributed by atoms with E-state index in [9.17, 15) is 14.4 Å². The monoisotopic (exact) mass is 211 g/mol. The molecule has 1 heterocycles. The highest BCUT2D eigenvalue weighted by atomic mass is 16.4. The molecular weight excluding hydrogens is 198 g/mol. The molecule has 82 valence electrons. The van der Waals surface area contributed by atoms with Gasteiger partial charge in [-0.2, -0.15) is 0 Å². The number of amides is 2. The van der Waals surface area contributed by atoms with E-state index in [1.807, 2.05) is 0 Å². The van der Waals surface area contributed by atoms with Crippen molar-refractivity contribution in [3.8, 4) is 0 Å². The summed E-state index contributed by atoms with van der Waals surface area (Å²) in [5, 5.41) is 10.8. The molecule has 5 heteroatoms. The average molecular weight is 211 g/mol. The van der Waals surface area contributed by atoms with Crippen LogP contribution in [0.25, 0.3) is 0 Å². The molecule has 1 aliphatic heterocycles. The first kappa shape index (κ1) is 11.4. The maximum Gasteiger partial charge on any atom is 0.306 e. The Morgan fingerprint density at radius 1 is 1.60 bits per heavy atom. The minimum absolute atomic E-state index is 0.347. The molecule has 0 spiro atoms. The van der Waals surface area contributed by atoms with Crippen LogP contribution in [0.3, 0.4) is 0 Å². The lowest BCUT2D eigenvalue weighted by atomic mass is 9.94. The highest BCUT2D eigenvalue weighted by molar-refractivity contribution is 6.05. The molecule has 0 aromatic heterocycles. The number of carboxylic acid groups (broad SMARTS) is 1. The molecule has 0 bridgehead atoms. The largest absolute Gasteiger partial charge is 0.481 e. The number of carboxylic acids is 1. The van der Waals surface area contributed by atoms with Gasteiger partial charge in [0.05, 0.1) is 11.8 Å². The van der Waals surface area contributed by atoms with Crippen LogP contribution < -0.4 is 5.32 Å². The number of rotatable bonds is 4. The predicted octanol–water partition coefficient (Wildman–Crippen LogP) is 0.316. The number of hydrogen-bond donors (Lipinski definition) is 2. The quantitative estimate of drug-likeness (QED) is 0.656. The third-order valence-corrected chi connectivity index (χ3v) is 2.40. The van der Waals surface area contributed by atoms with Crippen molar-refractivity contribution in [2.24, 2.45) is 11.8 Å². The smallest absolute Gasteiger partial charge is 0.306 e. The SMILES string of the molecule is C[C@H](CCC1C=CC(=O)NC1=O)C(=O)O. The minimum atomic E-state index is -0.869. The Balaban J connectivity index is 2.46. The molecule has 0 saturated heterocycles. The number of carbonyl (C=O) groups is 3. The second kappa shape index (κ2) is 4.72. The zero-order valence-corrected chi connectivity index (χ0v) is 8.40. The molecule has 2 N–H and O–H groups in total. The fourth-order valence-electron chi connectivity index (χ4n) is 1.33. The van der Waals surface area contributed by atoms with Crippen LogP contribution in [0.5, 0.6) is 0 Å². The highest BCUT2D eigenvalue weighted by Crippen LogP contribution is 2.16. The van der Waals surface area contributed by atoms with Crippen molar-refractivity contribution in [2.75, 3.05) is 0 Å². The lowest BCUT2D eigenvalue weighted by Gasteiger charge is -2.16. The first-order chi connectivity index (χ1) is 7.00. The normalized spacial score (nSPS) is 22.3. The van der Waals surface area contributed by atoms with Gasteiger partial charge >= 0.3 is 5.97 Å². The molecule has 0 saturated carbocycles. The van der Waals surface area contributed by atoms with Gasteiger partial charge in [-0.05, 0) is 12.8 Å². The van der Waals surface area contributed by atoms with Crippen molar-refractivity contribution in [3.05, 3.63) is 12.2 Å². The van der Waals surface area contributed by atoms with Crippen molar-refractivity contribution in [1.29, 1.82) is 0 Å². The molecule has 0 fully saturated rings. The van der Waals surface area contributed by atoms with E-state index in [1.54, 1.807) is 6.92 Å². The van der Waals surface area contributed by atoms with E-state index in [4.69, 9.17) is 5.11 Å². The molecule has 0 aromatic carbocycles. The van der Waals surface area contributed by atoms with Gasteiger partial charge in [0.15, 0.2) is 0 Å². The zero-order valence-electron chi connectivity index (χ0n) is 8.40. The van der Waals surface area contributed by atoms with Crippen molar-refractivity contribution in [1.82, 2.24) is 5.32 Å². The predicted molar refractivity (Wildman–Crippen MR) is 51.8 cm³/mol. The van der Waals surface area contributed by atoms with Gasteiger partial charge < -0.3 is 5.11 Å². The number of nitrogens with one attached hydrogen (secondary N) is 1. The Labute approximate surface area is 87.2 Å². The summed E-state index contributed by atoms with van der Waals surface area (Å²) in [7, 11) is 0. The minimum Gasteiger partial charge on any atom is -0.481 e. The maximum absolute atomic E-state index is 11.3. The van der Waals surface area contributed by atoms with Crippen molar-refractivity contribution in [3.63, 3.8) is 0 Å². The molecule has 2 amide bonds. The van der Waals surface area contributed by atoms with Gasteiger partial charge in [-0.25, -0.2) is 0 Å². The van der Waals surface area contributed by atoms with Crippen molar-refractivity contribution in [2.45, 2.75) is 19.8 Å². The molecule has 0 radical (unpaired) electrons. The summed E-state index contributed by atoms with van der Waals surface area (Å²) in [6.45, 7) is 1.60. The Bertz CT molecular complexity index is 321. The molecule has 1 rings (SSSR count). The number of carbonyl (C=O) groups excluding carboxylic acids is 2. The fraction of sp³-hybridized carbons (Fsp3) is 0.500. The number of imide groups is 1. The number of aliphatic carboxylic acids is 1. The Kier molecular flexibility index (Phi) is 3.60. The first-order valence-electron chi connectivity index (χ1n) is 4.76. The Morgan fingerprint density at radius 3 is 2.80 bits per heavy atom. The first-order valence-corrected chi connectivity index (χ1v) is 4.76. The van der Waals surface area contributed by atoms with Crippen LogP contribution in [-0.4, -0.2) is 22.9 Å².